The van der Waals surface area contributed by atoms with Crippen LogP contribution < -0.4 is 10.1 Å². The van der Waals surface area contributed by atoms with Crippen molar-refractivity contribution in [3.8, 4) is 5.75 Å². The molecule has 0 aliphatic rings. The number of ether oxygens (including phenoxy) is 1. The number of unbranched alkanes of at least 4 members (excludes halogenated alkanes) is 1. The van der Waals surface area contributed by atoms with Crippen molar-refractivity contribution in [2.24, 2.45) is 0 Å². The third kappa shape index (κ3) is 6.22. The minimum Gasteiger partial charge on any atom is -0.489 e. The number of benzene rings is 2. The first-order chi connectivity index (χ1) is 11.2. The molecular weight excluding hydrogens is 310 g/mol. The lowest BCUT2D eigenvalue weighted by molar-refractivity contribution is 0.283. The van der Waals surface area contributed by atoms with Gasteiger partial charge in [-0.1, -0.05) is 41.4 Å². The Hall–Kier alpha value is -1.55. The second kappa shape index (κ2) is 9.56. The fraction of sp³-hybridized carbons (Fsp3) is 0.368. The average Bonchev–Trinajstić information content (AvgIpc) is 2.55. The number of aliphatic hydroxyl groups excluding tert-OH is 1. The summed E-state index contributed by atoms with van der Waals surface area (Å²) in [4.78, 5) is 0. The summed E-state index contributed by atoms with van der Waals surface area (Å²) in [5, 5.41) is 12.9. The number of halogens is 1. The quantitative estimate of drug-likeness (QED) is 0.679. The Kier molecular flexibility index (Phi) is 7.40. The Bertz CT molecular complexity index is 599. The highest BCUT2D eigenvalue weighted by molar-refractivity contribution is 6.30. The van der Waals surface area contributed by atoms with Crippen molar-refractivity contribution in [2.45, 2.75) is 32.9 Å². The van der Waals surface area contributed by atoms with Crippen LogP contribution in [0.4, 0.5) is 0 Å². The number of hydrogen-bond donors (Lipinski definition) is 2. The molecule has 0 amide bonds. The topological polar surface area (TPSA) is 41.5 Å². The second-order valence-electron chi connectivity index (χ2n) is 5.63. The highest BCUT2D eigenvalue weighted by Crippen LogP contribution is 2.24. The zero-order valence-corrected chi connectivity index (χ0v) is 14.3. The molecule has 2 rings (SSSR count). The van der Waals surface area contributed by atoms with E-state index in [1.165, 1.54) is 5.56 Å². The summed E-state index contributed by atoms with van der Waals surface area (Å²) in [5.41, 5.74) is 3.44. The number of aliphatic hydroxyl groups is 1. The molecule has 0 atom stereocenters. The van der Waals surface area contributed by atoms with Gasteiger partial charge in [-0.2, -0.15) is 0 Å². The van der Waals surface area contributed by atoms with Gasteiger partial charge in [0.15, 0.2) is 0 Å². The van der Waals surface area contributed by atoms with Gasteiger partial charge in [0, 0.05) is 23.7 Å². The largest absolute Gasteiger partial charge is 0.489 e. The van der Waals surface area contributed by atoms with Crippen molar-refractivity contribution in [3.05, 3.63) is 64.2 Å². The van der Waals surface area contributed by atoms with E-state index in [1.807, 2.05) is 18.2 Å². The van der Waals surface area contributed by atoms with E-state index in [2.05, 4.69) is 36.5 Å². The van der Waals surface area contributed by atoms with E-state index in [0.29, 0.717) is 18.2 Å². The lowest BCUT2D eigenvalue weighted by atomic mass is 10.1. The van der Waals surface area contributed by atoms with Crippen LogP contribution in [0.25, 0.3) is 0 Å². The molecule has 124 valence electrons. The van der Waals surface area contributed by atoms with Crippen molar-refractivity contribution in [3.63, 3.8) is 0 Å². The minimum atomic E-state index is 0.240. The van der Waals surface area contributed by atoms with Gasteiger partial charge < -0.3 is 15.2 Å². The molecule has 0 saturated carbocycles. The van der Waals surface area contributed by atoms with Crippen molar-refractivity contribution in [2.75, 3.05) is 13.2 Å². The first-order valence-electron chi connectivity index (χ1n) is 7.97. The van der Waals surface area contributed by atoms with Gasteiger partial charge in [0.2, 0.25) is 0 Å². The fourth-order valence-corrected chi connectivity index (χ4v) is 2.45. The molecule has 0 aliphatic heterocycles. The number of nitrogens with one attached hydrogen (secondary N) is 1. The smallest absolute Gasteiger partial charge is 0.124 e. The standard InChI is InChI=1S/C19H24ClNO2/c1-15-4-6-16(7-5-15)14-23-19-9-8-18(20)12-17(19)13-21-10-2-3-11-22/h4-9,12,21-22H,2-3,10-11,13-14H2,1H3. The summed E-state index contributed by atoms with van der Waals surface area (Å²) in [6, 6.07) is 14.0. The highest BCUT2D eigenvalue weighted by Gasteiger charge is 2.05. The molecule has 0 saturated heterocycles. The fourth-order valence-electron chi connectivity index (χ4n) is 2.26. The molecule has 0 heterocycles. The van der Waals surface area contributed by atoms with Gasteiger partial charge in [0.1, 0.15) is 12.4 Å². The second-order valence-corrected chi connectivity index (χ2v) is 6.07. The Morgan fingerprint density at radius 3 is 2.61 bits per heavy atom. The zero-order chi connectivity index (χ0) is 16.5. The van der Waals surface area contributed by atoms with Crippen molar-refractivity contribution < 1.29 is 9.84 Å². The van der Waals surface area contributed by atoms with Crippen LogP contribution in [0, 0.1) is 6.92 Å². The van der Waals surface area contributed by atoms with E-state index < -0.39 is 0 Å². The Balaban J connectivity index is 1.93. The molecule has 2 N–H and O–H groups in total. The maximum absolute atomic E-state index is 8.79. The van der Waals surface area contributed by atoms with Gasteiger partial charge in [-0.3, -0.25) is 0 Å². The van der Waals surface area contributed by atoms with Gasteiger partial charge in [0.25, 0.3) is 0 Å². The Morgan fingerprint density at radius 2 is 1.87 bits per heavy atom. The molecule has 0 radical (unpaired) electrons. The average molecular weight is 334 g/mol. The molecule has 0 spiro atoms. The van der Waals surface area contributed by atoms with Gasteiger partial charge >= 0.3 is 0 Å². The SMILES string of the molecule is Cc1ccc(COc2ccc(Cl)cc2CNCCCCO)cc1. The van der Waals surface area contributed by atoms with Gasteiger partial charge in [-0.05, 0) is 50.1 Å². The summed E-state index contributed by atoms with van der Waals surface area (Å²) in [6.45, 7) is 4.42. The molecule has 0 aromatic heterocycles. The van der Waals surface area contributed by atoms with E-state index in [4.69, 9.17) is 21.4 Å². The molecule has 3 nitrogen and oxygen atoms in total. The van der Waals surface area contributed by atoms with Crippen LogP contribution >= 0.6 is 11.6 Å². The molecule has 23 heavy (non-hydrogen) atoms. The summed E-state index contributed by atoms with van der Waals surface area (Å²) in [5.74, 6) is 0.852. The number of rotatable bonds is 9. The maximum atomic E-state index is 8.79. The third-order valence-corrected chi connectivity index (χ3v) is 3.85. The van der Waals surface area contributed by atoms with Crippen LogP contribution in [0.1, 0.15) is 29.5 Å². The van der Waals surface area contributed by atoms with Gasteiger partial charge in [-0.15, -0.1) is 0 Å². The molecule has 2 aromatic rings. The monoisotopic (exact) mass is 333 g/mol. The van der Waals surface area contributed by atoms with Crippen LogP contribution in [-0.2, 0) is 13.2 Å². The molecule has 0 unspecified atom stereocenters. The van der Waals surface area contributed by atoms with E-state index >= 15 is 0 Å². The third-order valence-electron chi connectivity index (χ3n) is 3.61. The van der Waals surface area contributed by atoms with Crippen molar-refractivity contribution >= 4 is 11.6 Å². The summed E-state index contributed by atoms with van der Waals surface area (Å²) < 4.78 is 5.96. The minimum absolute atomic E-state index is 0.240. The lowest BCUT2D eigenvalue weighted by Crippen LogP contribution is -2.15. The normalized spacial score (nSPS) is 10.7. The Morgan fingerprint density at radius 1 is 1.09 bits per heavy atom. The molecular formula is C19H24ClNO2. The maximum Gasteiger partial charge on any atom is 0.124 e. The number of aryl methyl sites for hydroxylation is 1. The van der Waals surface area contributed by atoms with Crippen LogP contribution in [0.15, 0.2) is 42.5 Å². The van der Waals surface area contributed by atoms with Crippen LogP contribution in [0.5, 0.6) is 5.75 Å². The van der Waals surface area contributed by atoms with E-state index in [9.17, 15) is 0 Å². The van der Waals surface area contributed by atoms with E-state index in [-0.39, 0.29) is 6.61 Å². The van der Waals surface area contributed by atoms with E-state index in [0.717, 1.165) is 36.3 Å². The van der Waals surface area contributed by atoms with E-state index in [1.54, 1.807) is 0 Å². The lowest BCUT2D eigenvalue weighted by Gasteiger charge is -2.13. The number of hydrogen-bond acceptors (Lipinski definition) is 3. The highest BCUT2D eigenvalue weighted by atomic mass is 35.5. The summed E-state index contributed by atoms with van der Waals surface area (Å²) in [7, 11) is 0. The molecule has 0 fully saturated rings. The van der Waals surface area contributed by atoms with Crippen LogP contribution in [0.2, 0.25) is 5.02 Å². The first kappa shape index (κ1) is 17.8. The molecule has 0 bridgehead atoms. The van der Waals surface area contributed by atoms with Gasteiger partial charge in [0.05, 0.1) is 0 Å². The molecule has 0 aliphatic carbocycles. The zero-order valence-electron chi connectivity index (χ0n) is 13.5. The summed E-state index contributed by atoms with van der Waals surface area (Å²) in [6.07, 6.45) is 1.77. The first-order valence-corrected chi connectivity index (χ1v) is 8.35. The van der Waals surface area contributed by atoms with Crippen molar-refractivity contribution in [1.29, 1.82) is 0 Å². The predicted octanol–water partition coefficient (Wildman–Crippen LogP) is 4.09. The van der Waals surface area contributed by atoms with Crippen LogP contribution in [0.3, 0.4) is 0 Å². The predicted molar refractivity (Wildman–Crippen MR) is 95.0 cm³/mol. The Labute approximate surface area is 143 Å². The van der Waals surface area contributed by atoms with Crippen molar-refractivity contribution in [1.82, 2.24) is 5.32 Å². The summed E-state index contributed by atoms with van der Waals surface area (Å²) >= 11 is 6.10. The van der Waals surface area contributed by atoms with Gasteiger partial charge in [-0.25, -0.2) is 0 Å². The molecule has 2 aromatic carbocycles. The molecule has 4 heteroatoms. The van der Waals surface area contributed by atoms with Crippen LogP contribution in [-0.4, -0.2) is 18.3 Å².